The van der Waals surface area contributed by atoms with Gasteiger partial charge in [-0.05, 0) is 12.0 Å². The highest BCUT2D eigenvalue weighted by Gasteiger charge is 2.22. The molecule has 1 unspecified atom stereocenters. The average molecular weight is 205 g/mol. The van der Waals surface area contributed by atoms with Crippen LogP contribution in [0.5, 0.6) is 0 Å². The first-order valence-corrected chi connectivity index (χ1v) is 6.09. The van der Waals surface area contributed by atoms with Crippen LogP contribution in [0.4, 0.5) is 0 Å². The maximum Gasteiger partial charge on any atom is 0.0521 e. The third-order valence-electron chi connectivity index (χ3n) is 2.02. The van der Waals surface area contributed by atoms with Gasteiger partial charge in [0.15, 0.2) is 0 Å². The van der Waals surface area contributed by atoms with Gasteiger partial charge in [-0.3, -0.25) is 0 Å². The standard InChI is InChI=1S/C10H23NOS/c1-5-11-9(10(2,3)4)8-13-7-6-12/h9,11-12H,5-8H2,1-4H3. The van der Waals surface area contributed by atoms with Crippen LogP contribution in [0.25, 0.3) is 0 Å². The molecule has 0 aromatic heterocycles. The van der Waals surface area contributed by atoms with Crippen LogP contribution in [-0.2, 0) is 0 Å². The van der Waals surface area contributed by atoms with Crippen molar-refractivity contribution in [3.05, 3.63) is 0 Å². The Balaban J connectivity index is 3.81. The number of rotatable bonds is 6. The zero-order valence-electron chi connectivity index (χ0n) is 9.26. The summed E-state index contributed by atoms with van der Waals surface area (Å²) < 4.78 is 0. The molecule has 1 atom stereocenters. The van der Waals surface area contributed by atoms with Gasteiger partial charge < -0.3 is 10.4 Å². The predicted octanol–water partition coefficient (Wildman–Crippen LogP) is 1.74. The Labute approximate surface area is 86.5 Å². The van der Waals surface area contributed by atoms with Gasteiger partial charge in [-0.2, -0.15) is 11.8 Å². The fraction of sp³-hybridized carbons (Fsp3) is 1.00. The first-order chi connectivity index (χ1) is 6.02. The molecule has 80 valence electrons. The van der Waals surface area contributed by atoms with Gasteiger partial charge in [-0.15, -0.1) is 0 Å². The lowest BCUT2D eigenvalue weighted by atomic mass is 9.88. The van der Waals surface area contributed by atoms with Crippen molar-refractivity contribution >= 4 is 11.8 Å². The summed E-state index contributed by atoms with van der Waals surface area (Å²) in [5.74, 6) is 1.93. The van der Waals surface area contributed by atoms with E-state index in [2.05, 4.69) is 33.0 Å². The van der Waals surface area contributed by atoms with E-state index in [0.717, 1.165) is 18.1 Å². The molecular weight excluding hydrogens is 182 g/mol. The lowest BCUT2D eigenvalue weighted by Gasteiger charge is -2.31. The normalized spacial score (nSPS) is 14.5. The summed E-state index contributed by atoms with van der Waals surface area (Å²) in [6, 6.07) is 0.536. The quantitative estimate of drug-likeness (QED) is 0.648. The minimum absolute atomic E-state index is 0.285. The molecule has 0 aliphatic heterocycles. The molecule has 2 N–H and O–H groups in total. The molecule has 0 aliphatic rings. The third-order valence-corrected chi connectivity index (χ3v) is 3.06. The number of nitrogens with one attached hydrogen (secondary N) is 1. The van der Waals surface area contributed by atoms with Crippen molar-refractivity contribution in [2.75, 3.05) is 24.7 Å². The zero-order valence-corrected chi connectivity index (χ0v) is 10.1. The highest BCUT2D eigenvalue weighted by atomic mass is 32.2. The monoisotopic (exact) mass is 205 g/mol. The van der Waals surface area contributed by atoms with Gasteiger partial charge in [0.25, 0.3) is 0 Å². The summed E-state index contributed by atoms with van der Waals surface area (Å²) >= 11 is 1.82. The van der Waals surface area contributed by atoms with Gasteiger partial charge in [0.05, 0.1) is 6.61 Å². The molecule has 2 nitrogen and oxygen atoms in total. The smallest absolute Gasteiger partial charge is 0.0521 e. The summed E-state index contributed by atoms with van der Waals surface area (Å²) in [5, 5.41) is 12.1. The van der Waals surface area contributed by atoms with Gasteiger partial charge in [0.2, 0.25) is 0 Å². The molecule has 0 saturated carbocycles. The fourth-order valence-electron chi connectivity index (χ4n) is 1.13. The van der Waals surface area contributed by atoms with Crippen LogP contribution >= 0.6 is 11.8 Å². The Morgan fingerprint density at radius 2 is 2.00 bits per heavy atom. The first kappa shape index (κ1) is 13.3. The van der Waals surface area contributed by atoms with Gasteiger partial charge in [-0.1, -0.05) is 27.7 Å². The summed E-state index contributed by atoms with van der Waals surface area (Å²) in [5.41, 5.74) is 0.304. The van der Waals surface area contributed by atoms with Gasteiger partial charge in [0, 0.05) is 17.5 Å². The molecule has 0 amide bonds. The molecule has 13 heavy (non-hydrogen) atoms. The van der Waals surface area contributed by atoms with Gasteiger partial charge in [-0.25, -0.2) is 0 Å². The van der Waals surface area contributed by atoms with Crippen LogP contribution in [0.15, 0.2) is 0 Å². The van der Waals surface area contributed by atoms with Crippen LogP contribution in [0.2, 0.25) is 0 Å². The fourth-order valence-corrected chi connectivity index (χ4v) is 2.28. The SMILES string of the molecule is CCNC(CSCCO)C(C)(C)C. The second-order valence-electron chi connectivity index (χ2n) is 4.27. The molecule has 0 spiro atoms. The van der Waals surface area contributed by atoms with E-state index in [-0.39, 0.29) is 6.61 Å². The van der Waals surface area contributed by atoms with Gasteiger partial charge >= 0.3 is 0 Å². The van der Waals surface area contributed by atoms with E-state index in [1.54, 1.807) is 0 Å². The van der Waals surface area contributed by atoms with Gasteiger partial charge in [0.1, 0.15) is 0 Å². The largest absolute Gasteiger partial charge is 0.396 e. The molecule has 0 bridgehead atoms. The number of hydrogen-bond acceptors (Lipinski definition) is 3. The summed E-state index contributed by atoms with van der Waals surface area (Å²) in [6.07, 6.45) is 0. The minimum Gasteiger partial charge on any atom is -0.396 e. The average Bonchev–Trinajstić information content (AvgIpc) is 2.01. The Morgan fingerprint density at radius 3 is 2.38 bits per heavy atom. The molecule has 0 aromatic rings. The first-order valence-electron chi connectivity index (χ1n) is 4.94. The highest BCUT2D eigenvalue weighted by Crippen LogP contribution is 2.22. The number of thioether (sulfide) groups is 1. The van der Waals surface area contributed by atoms with E-state index < -0.39 is 0 Å². The predicted molar refractivity (Wildman–Crippen MR) is 61.3 cm³/mol. The summed E-state index contributed by atoms with van der Waals surface area (Å²) in [4.78, 5) is 0. The van der Waals surface area contributed by atoms with Crippen LogP contribution in [-0.4, -0.2) is 35.8 Å². The van der Waals surface area contributed by atoms with Crippen molar-refractivity contribution in [1.82, 2.24) is 5.32 Å². The molecule has 0 radical (unpaired) electrons. The molecular formula is C10H23NOS. The second kappa shape index (κ2) is 6.68. The van der Waals surface area contributed by atoms with Crippen molar-refractivity contribution < 1.29 is 5.11 Å². The van der Waals surface area contributed by atoms with Crippen LogP contribution in [0.3, 0.4) is 0 Å². The van der Waals surface area contributed by atoms with Crippen molar-refractivity contribution in [2.45, 2.75) is 33.7 Å². The van der Waals surface area contributed by atoms with Crippen LogP contribution in [0, 0.1) is 5.41 Å². The Hall–Kier alpha value is 0.270. The maximum atomic E-state index is 8.67. The highest BCUT2D eigenvalue weighted by molar-refractivity contribution is 7.99. The molecule has 0 heterocycles. The van der Waals surface area contributed by atoms with Crippen molar-refractivity contribution in [2.24, 2.45) is 5.41 Å². The molecule has 0 saturated heterocycles. The van der Waals surface area contributed by atoms with Crippen LogP contribution in [0.1, 0.15) is 27.7 Å². The van der Waals surface area contributed by atoms with E-state index in [4.69, 9.17) is 5.11 Å². The van der Waals surface area contributed by atoms with E-state index in [1.165, 1.54) is 0 Å². The van der Waals surface area contributed by atoms with E-state index in [9.17, 15) is 0 Å². The number of hydrogen-bond donors (Lipinski definition) is 2. The second-order valence-corrected chi connectivity index (χ2v) is 5.42. The number of aliphatic hydroxyl groups is 1. The molecule has 0 aliphatic carbocycles. The van der Waals surface area contributed by atoms with Crippen LogP contribution < -0.4 is 5.32 Å². The van der Waals surface area contributed by atoms with Crippen molar-refractivity contribution in [1.29, 1.82) is 0 Å². The Bertz CT molecular complexity index is 123. The molecule has 0 aromatic carbocycles. The number of aliphatic hydroxyl groups excluding tert-OH is 1. The molecule has 0 fully saturated rings. The Kier molecular flexibility index (Phi) is 6.82. The van der Waals surface area contributed by atoms with Crippen molar-refractivity contribution in [3.8, 4) is 0 Å². The zero-order chi connectivity index (χ0) is 10.3. The van der Waals surface area contributed by atoms with E-state index in [0.29, 0.717) is 11.5 Å². The topological polar surface area (TPSA) is 32.3 Å². The lowest BCUT2D eigenvalue weighted by Crippen LogP contribution is -2.42. The summed E-state index contributed by atoms with van der Waals surface area (Å²) in [6.45, 7) is 10.2. The molecule has 3 heteroatoms. The van der Waals surface area contributed by atoms with Crippen molar-refractivity contribution in [3.63, 3.8) is 0 Å². The minimum atomic E-state index is 0.285. The van der Waals surface area contributed by atoms with E-state index >= 15 is 0 Å². The lowest BCUT2D eigenvalue weighted by molar-refractivity contribution is 0.294. The Morgan fingerprint density at radius 1 is 1.38 bits per heavy atom. The maximum absolute atomic E-state index is 8.67. The molecule has 0 rings (SSSR count). The third kappa shape index (κ3) is 6.36. The van der Waals surface area contributed by atoms with E-state index in [1.807, 2.05) is 11.8 Å². The summed E-state index contributed by atoms with van der Waals surface area (Å²) in [7, 11) is 0.